The van der Waals surface area contributed by atoms with Crippen molar-refractivity contribution >= 4 is 11.9 Å². The lowest BCUT2D eigenvalue weighted by Gasteiger charge is -2.25. The second kappa shape index (κ2) is 6.62. The van der Waals surface area contributed by atoms with Crippen LogP contribution in [0.25, 0.3) is 0 Å². The van der Waals surface area contributed by atoms with Gasteiger partial charge in [-0.15, -0.1) is 0 Å². The number of nitrogens with zero attached hydrogens (tertiary/aromatic N) is 1. The van der Waals surface area contributed by atoms with Crippen LogP contribution < -0.4 is 0 Å². The minimum absolute atomic E-state index is 0.185. The first-order valence-corrected chi connectivity index (χ1v) is 6.47. The minimum atomic E-state index is -0.237. The Kier molecular flexibility index (Phi) is 5.45. The molecule has 0 aliphatic heterocycles. The molecule has 1 fully saturated rings. The van der Waals surface area contributed by atoms with Crippen LogP contribution in [0.2, 0.25) is 0 Å². The smallest absolute Gasteiger partial charge is 0.310 e. The fourth-order valence-electron chi connectivity index (χ4n) is 1.88. The molecule has 1 unspecified atom stereocenters. The summed E-state index contributed by atoms with van der Waals surface area (Å²) >= 11 is 0. The average molecular weight is 241 g/mol. The van der Waals surface area contributed by atoms with E-state index in [4.69, 9.17) is 4.74 Å². The molecule has 1 atom stereocenters. The van der Waals surface area contributed by atoms with Crippen molar-refractivity contribution < 1.29 is 14.3 Å². The number of hydrogen-bond acceptors (Lipinski definition) is 3. The Morgan fingerprint density at radius 3 is 2.53 bits per heavy atom. The van der Waals surface area contributed by atoms with Gasteiger partial charge in [0.05, 0.1) is 13.0 Å². The third kappa shape index (κ3) is 4.36. The van der Waals surface area contributed by atoms with Gasteiger partial charge in [-0.1, -0.05) is 20.3 Å². The summed E-state index contributed by atoms with van der Waals surface area (Å²) in [4.78, 5) is 25.2. The lowest BCUT2D eigenvalue weighted by molar-refractivity contribution is -0.146. The molecule has 1 rings (SSSR count). The predicted molar refractivity (Wildman–Crippen MR) is 65.4 cm³/mol. The highest BCUT2D eigenvalue weighted by Gasteiger charge is 2.34. The van der Waals surface area contributed by atoms with Crippen LogP contribution in [0.1, 0.15) is 46.0 Å². The van der Waals surface area contributed by atoms with E-state index >= 15 is 0 Å². The van der Waals surface area contributed by atoms with Gasteiger partial charge in [-0.3, -0.25) is 9.59 Å². The van der Waals surface area contributed by atoms with E-state index in [1.165, 1.54) is 7.11 Å². The number of carbonyl (C=O) groups excluding carboxylic acids is 2. The van der Waals surface area contributed by atoms with Crippen LogP contribution in [0.15, 0.2) is 0 Å². The molecular formula is C13H23NO3. The van der Waals surface area contributed by atoms with Gasteiger partial charge in [-0.05, 0) is 19.3 Å². The van der Waals surface area contributed by atoms with Crippen LogP contribution in [0.3, 0.4) is 0 Å². The van der Waals surface area contributed by atoms with E-state index in [0.29, 0.717) is 19.0 Å². The van der Waals surface area contributed by atoms with E-state index in [1.54, 1.807) is 0 Å². The van der Waals surface area contributed by atoms with Gasteiger partial charge in [0.2, 0.25) is 5.91 Å². The maximum atomic E-state index is 12.0. The van der Waals surface area contributed by atoms with Crippen molar-refractivity contribution in [1.29, 1.82) is 0 Å². The molecule has 0 bridgehead atoms. The van der Waals surface area contributed by atoms with E-state index in [9.17, 15) is 9.59 Å². The molecule has 1 aliphatic carbocycles. The predicted octanol–water partition coefficient (Wildman–Crippen LogP) is 1.98. The minimum Gasteiger partial charge on any atom is -0.469 e. The topological polar surface area (TPSA) is 46.6 Å². The van der Waals surface area contributed by atoms with Gasteiger partial charge in [-0.2, -0.15) is 0 Å². The molecule has 1 saturated carbocycles. The zero-order valence-electron chi connectivity index (χ0n) is 11.1. The standard InChI is InChI=1S/C13H23NO3/c1-4-5-6-12(15)14(11-7-8-11)9-10(2)13(16)17-3/h10-11H,4-9H2,1-3H3. The first-order chi connectivity index (χ1) is 8.10. The lowest BCUT2D eigenvalue weighted by Crippen LogP contribution is -2.38. The lowest BCUT2D eigenvalue weighted by atomic mass is 10.1. The number of hydrogen-bond donors (Lipinski definition) is 0. The van der Waals surface area contributed by atoms with Crippen molar-refractivity contribution in [2.45, 2.75) is 52.0 Å². The van der Waals surface area contributed by atoms with Crippen LogP contribution in [0, 0.1) is 5.92 Å². The Morgan fingerprint density at radius 1 is 1.41 bits per heavy atom. The summed E-state index contributed by atoms with van der Waals surface area (Å²) < 4.78 is 4.70. The molecule has 0 aromatic heterocycles. The summed E-state index contributed by atoms with van der Waals surface area (Å²) in [6.07, 6.45) is 4.70. The Bertz CT molecular complexity index is 274. The quantitative estimate of drug-likeness (QED) is 0.640. The van der Waals surface area contributed by atoms with Gasteiger partial charge in [-0.25, -0.2) is 0 Å². The molecule has 0 aromatic rings. The monoisotopic (exact) mass is 241 g/mol. The van der Waals surface area contributed by atoms with E-state index in [1.807, 2.05) is 11.8 Å². The van der Waals surface area contributed by atoms with E-state index in [-0.39, 0.29) is 17.8 Å². The second-order valence-corrected chi connectivity index (χ2v) is 4.81. The van der Waals surface area contributed by atoms with Crippen LogP contribution in [-0.2, 0) is 14.3 Å². The molecule has 0 spiro atoms. The number of rotatable bonds is 7. The molecule has 1 amide bonds. The van der Waals surface area contributed by atoms with Gasteiger partial charge in [0, 0.05) is 19.0 Å². The third-order valence-electron chi connectivity index (χ3n) is 3.13. The van der Waals surface area contributed by atoms with Crippen LogP contribution in [0.4, 0.5) is 0 Å². The summed E-state index contributed by atoms with van der Waals surface area (Å²) in [6.45, 7) is 4.39. The van der Waals surface area contributed by atoms with E-state index in [0.717, 1.165) is 25.7 Å². The largest absolute Gasteiger partial charge is 0.469 e. The Hall–Kier alpha value is -1.06. The van der Waals surface area contributed by atoms with Crippen molar-refractivity contribution in [3.63, 3.8) is 0 Å². The summed E-state index contributed by atoms with van der Waals surface area (Å²) in [5.41, 5.74) is 0. The molecule has 4 heteroatoms. The van der Waals surface area contributed by atoms with Gasteiger partial charge >= 0.3 is 5.97 Å². The number of amides is 1. The van der Waals surface area contributed by atoms with Gasteiger partial charge in [0.15, 0.2) is 0 Å². The Labute approximate surface area is 103 Å². The van der Waals surface area contributed by atoms with Gasteiger partial charge in [0.25, 0.3) is 0 Å². The van der Waals surface area contributed by atoms with E-state index < -0.39 is 0 Å². The molecule has 0 radical (unpaired) electrons. The zero-order chi connectivity index (χ0) is 12.8. The first kappa shape index (κ1) is 14.0. The highest BCUT2D eigenvalue weighted by molar-refractivity contribution is 5.78. The maximum Gasteiger partial charge on any atom is 0.310 e. The van der Waals surface area contributed by atoms with Crippen LogP contribution >= 0.6 is 0 Å². The summed E-state index contributed by atoms with van der Waals surface area (Å²) in [7, 11) is 1.39. The SMILES string of the molecule is CCCCC(=O)N(CC(C)C(=O)OC)C1CC1. The molecule has 0 saturated heterocycles. The number of methoxy groups -OCH3 is 1. The number of unbranched alkanes of at least 4 members (excludes halogenated alkanes) is 1. The molecule has 0 aromatic carbocycles. The fourth-order valence-corrected chi connectivity index (χ4v) is 1.88. The van der Waals surface area contributed by atoms with E-state index in [2.05, 4.69) is 6.92 Å². The maximum absolute atomic E-state index is 12.0. The normalized spacial score (nSPS) is 16.4. The van der Waals surface area contributed by atoms with Gasteiger partial charge in [0.1, 0.15) is 0 Å². The number of ether oxygens (including phenoxy) is 1. The van der Waals surface area contributed by atoms with Crippen molar-refractivity contribution in [2.24, 2.45) is 5.92 Å². The van der Waals surface area contributed by atoms with Crippen LogP contribution in [-0.4, -0.2) is 36.5 Å². The van der Waals surface area contributed by atoms with Crippen molar-refractivity contribution in [1.82, 2.24) is 4.90 Å². The Morgan fingerprint density at radius 2 is 2.06 bits per heavy atom. The first-order valence-electron chi connectivity index (χ1n) is 6.47. The Balaban J connectivity index is 2.48. The zero-order valence-corrected chi connectivity index (χ0v) is 11.1. The highest BCUT2D eigenvalue weighted by atomic mass is 16.5. The molecule has 0 heterocycles. The molecular weight excluding hydrogens is 218 g/mol. The summed E-state index contributed by atoms with van der Waals surface area (Å²) in [5.74, 6) is -0.282. The van der Waals surface area contributed by atoms with Crippen molar-refractivity contribution in [3.05, 3.63) is 0 Å². The fraction of sp³-hybridized carbons (Fsp3) is 0.846. The van der Waals surface area contributed by atoms with Crippen molar-refractivity contribution in [3.8, 4) is 0 Å². The van der Waals surface area contributed by atoms with Crippen LogP contribution in [0.5, 0.6) is 0 Å². The molecule has 0 N–H and O–H groups in total. The van der Waals surface area contributed by atoms with Gasteiger partial charge < -0.3 is 9.64 Å². The summed E-state index contributed by atoms with van der Waals surface area (Å²) in [6, 6.07) is 0.367. The average Bonchev–Trinajstić information content (AvgIpc) is 3.15. The molecule has 17 heavy (non-hydrogen) atoms. The number of carbonyl (C=O) groups is 2. The second-order valence-electron chi connectivity index (χ2n) is 4.81. The molecule has 1 aliphatic rings. The third-order valence-corrected chi connectivity index (χ3v) is 3.13. The molecule has 98 valence electrons. The molecule has 4 nitrogen and oxygen atoms in total. The highest BCUT2D eigenvalue weighted by Crippen LogP contribution is 2.28. The number of esters is 1. The summed E-state index contributed by atoms with van der Waals surface area (Å²) in [5, 5.41) is 0. The van der Waals surface area contributed by atoms with Crippen molar-refractivity contribution in [2.75, 3.05) is 13.7 Å².